The van der Waals surface area contributed by atoms with E-state index in [1.54, 1.807) is 16.7 Å². The maximum atomic E-state index is 13.3. The lowest BCUT2D eigenvalue weighted by Gasteiger charge is -2.11. The van der Waals surface area contributed by atoms with Gasteiger partial charge in [-0.05, 0) is 36.8 Å². The van der Waals surface area contributed by atoms with Crippen LogP contribution in [0.25, 0.3) is 27.9 Å². The van der Waals surface area contributed by atoms with Gasteiger partial charge in [0.15, 0.2) is 11.5 Å². The smallest absolute Gasteiger partial charge is 0.287 e. The van der Waals surface area contributed by atoms with Crippen molar-refractivity contribution >= 4 is 16.6 Å². The zero-order valence-electron chi connectivity index (χ0n) is 15.7. The average Bonchev–Trinajstić information content (AvgIpc) is 3.19. The van der Waals surface area contributed by atoms with Crippen LogP contribution >= 0.6 is 0 Å². The Kier molecular flexibility index (Phi) is 3.98. The SMILES string of the molecule is Cc1ccc(-c2nc3c4ccccc4n(Cc4ccc(F)cc4)c(=O)n3n2)cc1. The van der Waals surface area contributed by atoms with Crippen LogP contribution in [0.4, 0.5) is 4.39 Å². The van der Waals surface area contributed by atoms with E-state index in [0.717, 1.165) is 27.6 Å². The molecule has 0 fully saturated rings. The number of hydrogen-bond acceptors (Lipinski definition) is 3. The molecule has 0 saturated heterocycles. The molecule has 5 rings (SSSR count). The molecule has 142 valence electrons. The normalized spacial score (nSPS) is 11.4. The highest BCUT2D eigenvalue weighted by molar-refractivity contribution is 5.91. The van der Waals surface area contributed by atoms with Crippen molar-refractivity contribution in [3.05, 3.63) is 100 Å². The molecule has 5 nitrogen and oxygen atoms in total. The molecule has 6 heteroatoms. The molecule has 0 unspecified atom stereocenters. The number of para-hydroxylation sites is 1. The molecule has 5 aromatic rings. The van der Waals surface area contributed by atoms with E-state index in [-0.39, 0.29) is 11.5 Å². The van der Waals surface area contributed by atoms with Crippen LogP contribution < -0.4 is 5.69 Å². The quantitative estimate of drug-likeness (QED) is 0.468. The summed E-state index contributed by atoms with van der Waals surface area (Å²) in [5.41, 5.74) is 3.83. The van der Waals surface area contributed by atoms with Gasteiger partial charge < -0.3 is 0 Å². The highest BCUT2D eigenvalue weighted by atomic mass is 19.1. The van der Waals surface area contributed by atoms with Crippen molar-refractivity contribution in [2.45, 2.75) is 13.5 Å². The molecule has 2 aromatic heterocycles. The summed E-state index contributed by atoms with van der Waals surface area (Å²) in [4.78, 5) is 17.9. The van der Waals surface area contributed by atoms with Crippen LogP contribution in [-0.4, -0.2) is 19.2 Å². The van der Waals surface area contributed by atoms with Crippen LogP contribution in [0.2, 0.25) is 0 Å². The Morgan fingerprint density at radius 3 is 2.41 bits per heavy atom. The molecule has 0 saturated carbocycles. The minimum Gasteiger partial charge on any atom is -0.287 e. The maximum Gasteiger partial charge on any atom is 0.351 e. The van der Waals surface area contributed by atoms with Crippen molar-refractivity contribution in [1.82, 2.24) is 19.2 Å². The van der Waals surface area contributed by atoms with E-state index in [4.69, 9.17) is 0 Å². The van der Waals surface area contributed by atoms with E-state index < -0.39 is 0 Å². The number of fused-ring (bicyclic) bond motifs is 3. The number of halogens is 1. The van der Waals surface area contributed by atoms with Gasteiger partial charge in [0.1, 0.15) is 5.82 Å². The second-order valence-electron chi connectivity index (χ2n) is 7.05. The van der Waals surface area contributed by atoms with Gasteiger partial charge in [0.2, 0.25) is 0 Å². The summed E-state index contributed by atoms with van der Waals surface area (Å²) in [6, 6.07) is 21.6. The lowest BCUT2D eigenvalue weighted by Crippen LogP contribution is -2.28. The van der Waals surface area contributed by atoms with Crippen LogP contribution in [0.15, 0.2) is 77.6 Å². The van der Waals surface area contributed by atoms with Crippen LogP contribution in [0, 0.1) is 12.7 Å². The summed E-state index contributed by atoms with van der Waals surface area (Å²) in [6.45, 7) is 2.33. The van der Waals surface area contributed by atoms with Gasteiger partial charge in [-0.1, -0.05) is 54.1 Å². The molecule has 0 aliphatic carbocycles. The van der Waals surface area contributed by atoms with Crippen molar-refractivity contribution < 1.29 is 4.39 Å². The molecule has 0 aliphatic heterocycles. The Balaban J connectivity index is 1.74. The van der Waals surface area contributed by atoms with E-state index in [9.17, 15) is 9.18 Å². The lowest BCUT2D eigenvalue weighted by molar-refractivity contribution is 0.625. The fraction of sp³-hybridized carbons (Fsp3) is 0.0870. The van der Waals surface area contributed by atoms with Crippen LogP contribution in [0.3, 0.4) is 0 Å². The van der Waals surface area contributed by atoms with E-state index >= 15 is 0 Å². The number of hydrogen-bond donors (Lipinski definition) is 0. The second-order valence-corrected chi connectivity index (χ2v) is 7.05. The Morgan fingerprint density at radius 1 is 0.931 bits per heavy atom. The second kappa shape index (κ2) is 6.67. The minimum atomic E-state index is -0.305. The fourth-order valence-electron chi connectivity index (χ4n) is 3.49. The van der Waals surface area contributed by atoms with E-state index in [1.165, 1.54) is 16.6 Å². The lowest BCUT2D eigenvalue weighted by atomic mass is 10.1. The first-order valence-corrected chi connectivity index (χ1v) is 9.30. The fourth-order valence-corrected chi connectivity index (χ4v) is 3.49. The van der Waals surface area contributed by atoms with Crippen LogP contribution in [0.5, 0.6) is 0 Å². The van der Waals surface area contributed by atoms with Crippen molar-refractivity contribution in [1.29, 1.82) is 0 Å². The first kappa shape index (κ1) is 17.3. The summed E-state index contributed by atoms with van der Waals surface area (Å²) in [6.07, 6.45) is 0. The molecule has 0 amide bonds. The van der Waals surface area contributed by atoms with Crippen LogP contribution in [-0.2, 0) is 6.54 Å². The van der Waals surface area contributed by atoms with E-state index in [2.05, 4.69) is 10.1 Å². The summed E-state index contributed by atoms with van der Waals surface area (Å²) >= 11 is 0. The topological polar surface area (TPSA) is 52.2 Å². The Morgan fingerprint density at radius 2 is 1.66 bits per heavy atom. The van der Waals surface area contributed by atoms with Gasteiger partial charge in [-0.15, -0.1) is 5.10 Å². The van der Waals surface area contributed by atoms with Gasteiger partial charge in [0.25, 0.3) is 0 Å². The molecule has 0 spiro atoms. The number of aryl methyl sites for hydroxylation is 1. The third-order valence-corrected chi connectivity index (χ3v) is 5.02. The van der Waals surface area contributed by atoms with Crippen molar-refractivity contribution in [3.63, 3.8) is 0 Å². The van der Waals surface area contributed by atoms with Gasteiger partial charge in [-0.25, -0.2) is 14.2 Å². The Labute approximate surface area is 165 Å². The zero-order valence-corrected chi connectivity index (χ0v) is 15.7. The maximum absolute atomic E-state index is 13.3. The first-order chi connectivity index (χ1) is 14.1. The largest absolute Gasteiger partial charge is 0.351 e. The number of benzene rings is 3. The van der Waals surface area contributed by atoms with Crippen molar-refractivity contribution in [3.8, 4) is 11.4 Å². The predicted molar refractivity (Wildman–Crippen MR) is 110 cm³/mol. The molecule has 2 heterocycles. The zero-order chi connectivity index (χ0) is 20.0. The van der Waals surface area contributed by atoms with Gasteiger partial charge in [0, 0.05) is 10.9 Å². The monoisotopic (exact) mass is 384 g/mol. The Hall–Kier alpha value is -3.80. The van der Waals surface area contributed by atoms with Crippen LogP contribution in [0.1, 0.15) is 11.1 Å². The molecule has 0 aliphatic rings. The molecule has 0 radical (unpaired) electrons. The summed E-state index contributed by atoms with van der Waals surface area (Å²) in [5.74, 6) is 0.201. The molecular weight excluding hydrogens is 367 g/mol. The minimum absolute atomic E-state index is 0.283. The third kappa shape index (κ3) is 2.99. The van der Waals surface area contributed by atoms with Crippen molar-refractivity contribution in [2.24, 2.45) is 0 Å². The van der Waals surface area contributed by atoms with Gasteiger partial charge in [0.05, 0.1) is 12.1 Å². The van der Waals surface area contributed by atoms with E-state index in [1.807, 2.05) is 55.5 Å². The van der Waals surface area contributed by atoms with Gasteiger partial charge in [-0.3, -0.25) is 4.57 Å². The summed E-state index contributed by atoms with van der Waals surface area (Å²) in [5, 5.41) is 5.32. The number of aromatic nitrogens is 4. The van der Waals surface area contributed by atoms with Crippen molar-refractivity contribution in [2.75, 3.05) is 0 Å². The molecule has 3 aromatic carbocycles. The van der Waals surface area contributed by atoms with Gasteiger partial charge >= 0.3 is 5.69 Å². The molecule has 0 bridgehead atoms. The Bertz CT molecular complexity index is 1400. The van der Waals surface area contributed by atoms with Gasteiger partial charge in [-0.2, -0.15) is 4.52 Å². The predicted octanol–water partition coefficient (Wildman–Crippen LogP) is 4.21. The summed E-state index contributed by atoms with van der Waals surface area (Å²) < 4.78 is 16.3. The number of rotatable bonds is 3. The molecule has 0 N–H and O–H groups in total. The van der Waals surface area contributed by atoms with E-state index in [0.29, 0.717) is 18.0 Å². The molecule has 0 atom stereocenters. The number of nitrogens with zero attached hydrogens (tertiary/aromatic N) is 4. The first-order valence-electron chi connectivity index (χ1n) is 9.30. The molecular formula is C23H17FN4O. The standard InChI is InChI=1S/C23H17FN4O/c1-15-6-10-17(11-7-15)21-25-22-19-4-2-3-5-20(19)27(23(29)28(22)26-21)14-16-8-12-18(24)13-9-16/h2-13H,14H2,1H3. The highest BCUT2D eigenvalue weighted by Crippen LogP contribution is 2.22. The average molecular weight is 384 g/mol. The third-order valence-electron chi connectivity index (χ3n) is 5.02. The molecule has 29 heavy (non-hydrogen) atoms. The highest BCUT2D eigenvalue weighted by Gasteiger charge is 2.16. The summed E-state index contributed by atoms with van der Waals surface area (Å²) in [7, 11) is 0.